The molecule has 1 heterocycles. The van der Waals surface area contributed by atoms with Crippen LogP contribution < -0.4 is 10.6 Å². The Kier molecular flexibility index (Phi) is 6.64. The van der Waals surface area contributed by atoms with E-state index in [2.05, 4.69) is 10.6 Å². The fourth-order valence-electron chi connectivity index (χ4n) is 3.33. The Balaban J connectivity index is 1.93. The number of anilines is 1. The van der Waals surface area contributed by atoms with Gasteiger partial charge in [0.25, 0.3) is 0 Å². The van der Waals surface area contributed by atoms with E-state index in [9.17, 15) is 23.2 Å². The van der Waals surface area contributed by atoms with E-state index >= 15 is 0 Å². The summed E-state index contributed by atoms with van der Waals surface area (Å²) >= 11 is 0. The van der Waals surface area contributed by atoms with E-state index in [1.165, 1.54) is 0 Å². The number of carbonyl (C=O) groups excluding carboxylic acids is 3. The van der Waals surface area contributed by atoms with Crippen LogP contribution in [0.1, 0.15) is 25.5 Å². The summed E-state index contributed by atoms with van der Waals surface area (Å²) in [6.07, 6.45) is 0. The van der Waals surface area contributed by atoms with Crippen LogP contribution in [-0.2, 0) is 14.3 Å². The molecule has 0 radical (unpaired) electrons. The number of urea groups is 1. The number of hydrogen-bond acceptors (Lipinski definition) is 4. The number of rotatable bonds is 6. The molecule has 31 heavy (non-hydrogen) atoms. The Bertz CT molecular complexity index is 1040. The van der Waals surface area contributed by atoms with Gasteiger partial charge in [0.1, 0.15) is 18.2 Å². The lowest BCUT2D eigenvalue weighted by atomic mass is 9.94. The van der Waals surface area contributed by atoms with Gasteiger partial charge in [0.2, 0.25) is 5.91 Å². The number of benzene rings is 2. The van der Waals surface area contributed by atoms with Gasteiger partial charge in [-0.25, -0.2) is 18.4 Å². The Labute approximate surface area is 177 Å². The maximum absolute atomic E-state index is 13.9. The summed E-state index contributed by atoms with van der Waals surface area (Å²) < 4.78 is 32.2. The number of ether oxygens (including phenoxy) is 1. The average Bonchev–Trinajstić information content (AvgIpc) is 2.72. The first-order valence-corrected chi connectivity index (χ1v) is 9.57. The number of hydrogen-bond donors (Lipinski definition) is 2. The van der Waals surface area contributed by atoms with E-state index in [1.807, 2.05) is 0 Å². The lowest BCUT2D eigenvalue weighted by Gasteiger charge is -2.37. The SMILES string of the molecule is CCOC(=O)C1=C(C)NC(=O)N(CC(=O)Nc2ccc(F)cc2F)[C@H]1c1ccccc1. The zero-order valence-electron chi connectivity index (χ0n) is 16.9. The van der Waals surface area contributed by atoms with Crippen molar-refractivity contribution in [3.8, 4) is 0 Å². The van der Waals surface area contributed by atoms with Gasteiger partial charge in [0, 0.05) is 11.8 Å². The summed E-state index contributed by atoms with van der Waals surface area (Å²) in [5.74, 6) is -3.07. The Hall–Kier alpha value is -3.75. The molecule has 0 bridgehead atoms. The molecule has 2 N–H and O–H groups in total. The molecule has 1 aliphatic rings. The number of allylic oxidation sites excluding steroid dienone is 1. The van der Waals surface area contributed by atoms with Crippen LogP contribution in [0.25, 0.3) is 0 Å². The molecule has 0 unspecified atom stereocenters. The molecule has 9 heteroatoms. The molecular weight excluding hydrogens is 408 g/mol. The third kappa shape index (κ3) is 4.88. The Morgan fingerprint density at radius 1 is 1.16 bits per heavy atom. The van der Waals surface area contributed by atoms with Crippen molar-refractivity contribution >= 4 is 23.6 Å². The van der Waals surface area contributed by atoms with Gasteiger partial charge >= 0.3 is 12.0 Å². The number of amides is 3. The molecule has 1 aliphatic heterocycles. The minimum atomic E-state index is -0.945. The molecule has 0 fully saturated rings. The second-order valence-corrected chi connectivity index (χ2v) is 6.80. The molecule has 162 valence electrons. The molecule has 0 aromatic heterocycles. The second kappa shape index (κ2) is 9.38. The van der Waals surface area contributed by atoms with Crippen LogP contribution in [0.4, 0.5) is 19.3 Å². The number of nitrogens with zero attached hydrogens (tertiary/aromatic N) is 1. The zero-order chi connectivity index (χ0) is 22.5. The predicted octanol–water partition coefficient (Wildman–Crippen LogP) is 3.51. The van der Waals surface area contributed by atoms with Crippen LogP contribution in [0.15, 0.2) is 59.8 Å². The van der Waals surface area contributed by atoms with Crippen molar-refractivity contribution < 1.29 is 27.9 Å². The largest absolute Gasteiger partial charge is 0.463 e. The summed E-state index contributed by atoms with van der Waals surface area (Å²) in [6.45, 7) is 2.88. The highest BCUT2D eigenvalue weighted by Crippen LogP contribution is 2.34. The normalized spacial score (nSPS) is 16.1. The second-order valence-electron chi connectivity index (χ2n) is 6.80. The van der Waals surface area contributed by atoms with Crippen molar-refractivity contribution in [2.75, 3.05) is 18.5 Å². The van der Waals surface area contributed by atoms with Crippen LogP contribution in [0, 0.1) is 11.6 Å². The smallest absolute Gasteiger partial charge is 0.338 e. The summed E-state index contributed by atoms with van der Waals surface area (Å²) in [6, 6.07) is 9.94. The molecule has 7 nitrogen and oxygen atoms in total. The highest BCUT2D eigenvalue weighted by Gasteiger charge is 2.39. The maximum atomic E-state index is 13.9. The van der Waals surface area contributed by atoms with Crippen LogP contribution in [0.2, 0.25) is 0 Å². The van der Waals surface area contributed by atoms with Gasteiger partial charge in [-0.1, -0.05) is 30.3 Å². The molecule has 3 amide bonds. The number of esters is 1. The van der Waals surface area contributed by atoms with Crippen molar-refractivity contribution in [3.63, 3.8) is 0 Å². The average molecular weight is 429 g/mol. The summed E-state index contributed by atoms with van der Waals surface area (Å²) in [5, 5.41) is 4.89. The highest BCUT2D eigenvalue weighted by atomic mass is 19.1. The third-order valence-electron chi connectivity index (χ3n) is 4.67. The van der Waals surface area contributed by atoms with Crippen molar-refractivity contribution in [2.45, 2.75) is 19.9 Å². The van der Waals surface area contributed by atoms with Gasteiger partial charge in [0.15, 0.2) is 0 Å². The van der Waals surface area contributed by atoms with Gasteiger partial charge in [-0.3, -0.25) is 4.79 Å². The van der Waals surface area contributed by atoms with E-state index in [-0.39, 0.29) is 17.9 Å². The molecule has 0 saturated heterocycles. The Morgan fingerprint density at radius 2 is 1.87 bits per heavy atom. The monoisotopic (exact) mass is 429 g/mol. The van der Waals surface area contributed by atoms with Crippen LogP contribution >= 0.6 is 0 Å². The minimum Gasteiger partial charge on any atom is -0.463 e. The zero-order valence-corrected chi connectivity index (χ0v) is 16.9. The van der Waals surface area contributed by atoms with Gasteiger partial charge in [-0.15, -0.1) is 0 Å². The predicted molar refractivity (Wildman–Crippen MR) is 109 cm³/mol. The standard InChI is InChI=1S/C22H21F2N3O4/c1-3-31-21(29)19-13(2)25-22(30)27(20(19)14-7-5-4-6-8-14)12-18(28)26-17-10-9-15(23)11-16(17)24/h4-11,20H,3,12H2,1-2H3,(H,25,30)(H,26,28)/t20-/m0/s1. The molecule has 0 saturated carbocycles. The van der Waals surface area contributed by atoms with Gasteiger partial charge < -0.3 is 20.3 Å². The minimum absolute atomic E-state index is 0.134. The van der Waals surface area contributed by atoms with Crippen LogP contribution in [0.5, 0.6) is 0 Å². The summed E-state index contributed by atoms with van der Waals surface area (Å²) in [7, 11) is 0. The first-order chi connectivity index (χ1) is 14.8. The quantitative estimate of drug-likeness (QED) is 0.688. The van der Waals surface area contributed by atoms with Gasteiger partial charge in [-0.2, -0.15) is 0 Å². The molecule has 1 atom stereocenters. The third-order valence-corrected chi connectivity index (χ3v) is 4.67. The van der Waals surface area contributed by atoms with Crippen LogP contribution in [0.3, 0.4) is 0 Å². The first kappa shape index (κ1) is 21.9. The summed E-state index contributed by atoms with van der Waals surface area (Å²) in [4.78, 5) is 39.1. The lowest BCUT2D eigenvalue weighted by Crippen LogP contribution is -2.51. The fraction of sp³-hybridized carbons (Fsp3) is 0.227. The summed E-state index contributed by atoms with van der Waals surface area (Å²) in [5.41, 5.74) is 0.880. The first-order valence-electron chi connectivity index (χ1n) is 9.57. The molecule has 0 spiro atoms. The van der Waals surface area contributed by atoms with Crippen LogP contribution in [-0.4, -0.2) is 36.0 Å². The topological polar surface area (TPSA) is 87.7 Å². The molecule has 3 rings (SSSR count). The highest BCUT2D eigenvalue weighted by molar-refractivity contribution is 5.98. The molecular formula is C22H21F2N3O4. The molecule has 0 aliphatic carbocycles. The van der Waals surface area contributed by atoms with E-state index in [4.69, 9.17) is 4.74 Å². The van der Waals surface area contributed by atoms with Crippen molar-refractivity contribution in [3.05, 3.63) is 77.0 Å². The molecule has 2 aromatic carbocycles. The fourth-order valence-corrected chi connectivity index (χ4v) is 3.33. The lowest BCUT2D eigenvalue weighted by molar-refractivity contribution is -0.139. The van der Waals surface area contributed by atoms with E-state index in [0.29, 0.717) is 17.3 Å². The van der Waals surface area contributed by atoms with Gasteiger partial charge in [-0.05, 0) is 31.5 Å². The van der Waals surface area contributed by atoms with Crippen molar-refractivity contribution in [1.82, 2.24) is 10.2 Å². The van der Waals surface area contributed by atoms with E-state index < -0.39 is 42.1 Å². The molecule has 2 aromatic rings. The Morgan fingerprint density at radius 3 is 2.52 bits per heavy atom. The number of halogens is 2. The van der Waals surface area contributed by atoms with Crippen molar-refractivity contribution in [2.24, 2.45) is 0 Å². The number of carbonyl (C=O) groups is 3. The van der Waals surface area contributed by atoms with E-state index in [0.717, 1.165) is 17.0 Å². The maximum Gasteiger partial charge on any atom is 0.338 e. The van der Waals surface area contributed by atoms with Gasteiger partial charge in [0.05, 0.1) is 23.9 Å². The number of nitrogens with one attached hydrogen (secondary N) is 2. The van der Waals surface area contributed by atoms with Crippen molar-refractivity contribution in [1.29, 1.82) is 0 Å². The van der Waals surface area contributed by atoms with E-state index in [1.54, 1.807) is 44.2 Å².